The second kappa shape index (κ2) is 11.6. The monoisotopic (exact) mass is 525 g/mol. The lowest BCUT2D eigenvalue weighted by Gasteiger charge is -2.21. The van der Waals surface area contributed by atoms with Gasteiger partial charge in [0, 0.05) is 51.9 Å². The average molecular weight is 525 g/mol. The third kappa shape index (κ3) is 6.37. The molecule has 30 heavy (non-hydrogen) atoms. The first-order valence-electron chi connectivity index (χ1n) is 10.7. The van der Waals surface area contributed by atoms with Crippen LogP contribution >= 0.6 is 24.0 Å². The van der Waals surface area contributed by atoms with Gasteiger partial charge in [-0.25, -0.2) is 0 Å². The van der Waals surface area contributed by atoms with E-state index < -0.39 is 0 Å². The van der Waals surface area contributed by atoms with E-state index in [9.17, 15) is 0 Å². The molecular weight excluding hydrogens is 493 g/mol. The molecule has 0 bridgehead atoms. The normalized spacial score (nSPS) is 20.3. The topological polar surface area (TPSA) is 91.5 Å². The lowest BCUT2D eigenvalue weighted by atomic mass is 10.1. The van der Waals surface area contributed by atoms with Gasteiger partial charge in [0.15, 0.2) is 11.8 Å². The molecule has 164 valence electrons. The van der Waals surface area contributed by atoms with Gasteiger partial charge in [-0.1, -0.05) is 24.1 Å². The molecule has 1 aliphatic heterocycles. The van der Waals surface area contributed by atoms with Crippen LogP contribution in [0.4, 0.5) is 0 Å². The van der Waals surface area contributed by atoms with Crippen molar-refractivity contribution < 1.29 is 4.52 Å². The van der Waals surface area contributed by atoms with Gasteiger partial charge in [0.2, 0.25) is 0 Å². The summed E-state index contributed by atoms with van der Waals surface area (Å²) in [6, 6.07) is 6.09. The summed E-state index contributed by atoms with van der Waals surface area (Å²) in [4.78, 5) is 15.6. The number of rotatable bonds is 7. The van der Waals surface area contributed by atoms with Gasteiger partial charge in [0.25, 0.3) is 5.89 Å². The number of guanidine groups is 1. The molecule has 2 fully saturated rings. The van der Waals surface area contributed by atoms with E-state index in [1.165, 1.54) is 45.2 Å². The van der Waals surface area contributed by atoms with Crippen molar-refractivity contribution in [2.45, 2.75) is 44.6 Å². The quantitative estimate of drug-likeness (QED) is 0.327. The van der Waals surface area contributed by atoms with Crippen molar-refractivity contribution in [3.63, 3.8) is 0 Å². The number of pyridine rings is 1. The van der Waals surface area contributed by atoms with Crippen molar-refractivity contribution in [2.75, 3.05) is 33.2 Å². The lowest BCUT2D eigenvalue weighted by molar-refractivity contribution is 0.275. The molecule has 0 spiro atoms. The van der Waals surface area contributed by atoms with Crippen LogP contribution in [0.15, 0.2) is 33.9 Å². The molecule has 1 unspecified atom stereocenters. The Morgan fingerprint density at radius 2 is 2.13 bits per heavy atom. The molecular formula is C21H32IN7O. The van der Waals surface area contributed by atoms with Crippen LogP contribution in [0.5, 0.6) is 0 Å². The molecule has 0 radical (unpaired) electrons. The molecule has 1 atom stereocenters. The Hall–Kier alpha value is -1.75. The molecule has 2 aliphatic rings. The van der Waals surface area contributed by atoms with E-state index in [1.807, 2.05) is 25.2 Å². The largest absolute Gasteiger partial charge is 0.356 e. The second-order valence-corrected chi connectivity index (χ2v) is 8.02. The van der Waals surface area contributed by atoms with Gasteiger partial charge in [-0.2, -0.15) is 4.98 Å². The van der Waals surface area contributed by atoms with E-state index >= 15 is 0 Å². The SMILES string of the molecule is CN=C(NCCc1noc(-c2ccccn2)n1)NC1CCN(CC2CCCC2)C1.I. The zero-order valence-corrected chi connectivity index (χ0v) is 19.9. The highest BCUT2D eigenvalue weighted by molar-refractivity contribution is 14.0. The Kier molecular flexibility index (Phi) is 8.86. The molecule has 9 heteroatoms. The van der Waals surface area contributed by atoms with Crippen molar-refractivity contribution in [3.8, 4) is 11.6 Å². The number of aliphatic imine (C=N–C) groups is 1. The fraction of sp³-hybridized carbons (Fsp3) is 0.619. The van der Waals surface area contributed by atoms with Crippen LogP contribution in [0, 0.1) is 5.92 Å². The van der Waals surface area contributed by atoms with E-state index in [0.717, 1.165) is 18.4 Å². The van der Waals surface area contributed by atoms with Gasteiger partial charge in [0.1, 0.15) is 5.69 Å². The van der Waals surface area contributed by atoms with Crippen LogP contribution in [0.25, 0.3) is 11.6 Å². The maximum absolute atomic E-state index is 5.31. The second-order valence-electron chi connectivity index (χ2n) is 8.02. The molecule has 2 N–H and O–H groups in total. The van der Waals surface area contributed by atoms with Gasteiger partial charge in [-0.15, -0.1) is 24.0 Å². The third-order valence-electron chi connectivity index (χ3n) is 5.82. The van der Waals surface area contributed by atoms with Crippen LogP contribution in [-0.2, 0) is 6.42 Å². The molecule has 3 heterocycles. The Morgan fingerprint density at radius 3 is 2.90 bits per heavy atom. The van der Waals surface area contributed by atoms with E-state index in [2.05, 4.69) is 35.7 Å². The summed E-state index contributed by atoms with van der Waals surface area (Å²) >= 11 is 0. The van der Waals surface area contributed by atoms with Gasteiger partial charge in [-0.3, -0.25) is 9.98 Å². The zero-order chi connectivity index (χ0) is 19.9. The van der Waals surface area contributed by atoms with E-state index in [-0.39, 0.29) is 24.0 Å². The van der Waals surface area contributed by atoms with E-state index in [4.69, 9.17) is 4.52 Å². The first-order chi connectivity index (χ1) is 14.3. The Labute approximate surface area is 195 Å². The van der Waals surface area contributed by atoms with Gasteiger partial charge >= 0.3 is 0 Å². The maximum Gasteiger partial charge on any atom is 0.276 e. The minimum atomic E-state index is 0. The molecule has 0 aromatic carbocycles. The zero-order valence-electron chi connectivity index (χ0n) is 17.6. The van der Waals surface area contributed by atoms with Crippen LogP contribution in [0.3, 0.4) is 0 Å². The van der Waals surface area contributed by atoms with E-state index in [1.54, 1.807) is 6.20 Å². The first kappa shape index (κ1) is 22.9. The first-order valence-corrected chi connectivity index (χ1v) is 10.7. The molecule has 1 aliphatic carbocycles. The highest BCUT2D eigenvalue weighted by atomic mass is 127. The van der Waals surface area contributed by atoms with Crippen LogP contribution in [0.2, 0.25) is 0 Å². The summed E-state index contributed by atoms with van der Waals surface area (Å²) in [5.74, 6) is 2.87. The summed E-state index contributed by atoms with van der Waals surface area (Å²) in [6.45, 7) is 4.25. The van der Waals surface area contributed by atoms with Crippen LogP contribution in [0.1, 0.15) is 37.9 Å². The number of nitrogens with zero attached hydrogens (tertiary/aromatic N) is 5. The fourth-order valence-electron chi connectivity index (χ4n) is 4.30. The van der Waals surface area contributed by atoms with Crippen molar-refractivity contribution >= 4 is 29.9 Å². The summed E-state index contributed by atoms with van der Waals surface area (Å²) in [5, 5.41) is 11.0. The minimum absolute atomic E-state index is 0. The van der Waals surface area contributed by atoms with Crippen LogP contribution in [-0.4, -0.2) is 65.3 Å². The third-order valence-corrected chi connectivity index (χ3v) is 5.82. The predicted molar refractivity (Wildman–Crippen MR) is 128 cm³/mol. The van der Waals surface area contributed by atoms with Crippen molar-refractivity contribution in [2.24, 2.45) is 10.9 Å². The Morgan fingerprint density at radius 1 is 1.27 bits per heavy atom. The minimum Gasteiger partial charge on any atom is -0.356 e. The number of likely N-dealkylation sites (tertiary alicyclic amines) is 1. The summed E-state index contributed by atoms with van der Waals surface area (Å²) in [5.41, 5.74) is 0.695. The smallest absolute Gasteiger partial charge is 0.276 e. The fourth-order valence-corrected chi connectivity index (χ4v) is 4.30. The highest BCUT2D eigenvalue weighted by Crippen LogP contribution is 2.26. The average Bonchev–Trinajstić information content (AvgIpc) is 3.51. The summed E-state index contributed by atoms with van der Waals surface area (Å²) in [6.07, 6.45) is 9.21. The highest BCUT2D eigenvalue weighted by Gasteiger charge is 2.26. The maximum atomic E-state index is 5.31. The summed E-state index contributed by atoms with van der Waals surface area (Å²) in [7, 11) is 1.81. The lowest BCUT2D eigenvalue weighted by Crippen LogP contribution is -2.45. The van der Waals surface area contributed by atoms with Gasteiger partial charge in [0.05, 0.1) is 0 Å². The standard InChI is InChI=1S/C21H31N7O.HI/c1-22-21(25-17-10-13-28(15-17)14-16-6-2-3-7-16)24-12-9-19-26-20(29-27-19)18-8-4-5-11-23-18;/h4-5,8,11,16-17H,2-3,6-7,9-10,12-15H2,1H3,(H2,22,24,25);1H. The van der Waals surface area contributed by atoms with Crippen LogP contribution < -0.4 is 10.6 Å². The number of halogens is 1. The Balaban J connectivity index is 0.00000256. The van der Waals surface area contributed by atoms with Crippen molar-refractivity contribution in [1.82, 2.24) is 30.7 Å². The molecule has 1 saturated carbocycles. The number of hydrogen-bond donors (Lipinski definition) is 2. The number of aromatic nitrogens is 3. The van der Waals surface area contributed by atoms with Crippen molar-refractivity contribution in [1.29, 1.82) is 0 Å². The Bertz CT molecular complexity index is 792. The molecule has 0 amide bonds. The summed E-state index contributed by atoms with van der Waals surface area (Å²) < 4.78 is 5.31. The van der Waals surface area contributed by atoms with Gasteiger partial charge < -0.3 is 20.1 Å². The van der Waals surface area contributed by atoms with E-state index in [0.29, 0.717) is 36.4 Å². The molecule has 2 aromatic heterocycles. The molecule has 2 aromatic rings. The molecule has 4 rings (SSSR count). The van der Waals surface area contributed by atoms with Crippen molar-refractivity contribution in [3.05, 3.63) is 30.2 Å². The number of nitrogens with one attached hydrogen (secondary N) is 2. The number of hydrogen-bond acceptors (Lipinski definition) is 6. The predicted octanol–water partition coefficient (Wildman–Crippen LogP) is 2.72. The van der Waals surface area contributed by atoms with Gasteiger partial charge in [-0.05, 0) is 37.3 Å². The molecule has 8 nitrogen and oxygen atoms in total. The molecule has 1 saturated heterocycles.